The number of nitrogens with two attached hydrogens (primary N) is 1. The van der Waals surface area contributed by atoms with Crippen LogP contribution in [0.2, 0.25) is 0 Å². The molecule has 0 atom stereocenters. The van der Waals surface area contributed by atoms with Gasteiger partial charge in [0.05, 0.1) is 11.3 Å². The van der Waals surface area contributed by atoms with Crippen LogP contribution in [0.15, 0.2) is 59.5 Å². The van der Waals surface area contributed by atoms with Crippen molar-refractivity contribution in [3.05, 3.63) is 70.6 Å². The second-order valence-corrected chi connectivity index (χ2v) is 7.11. The second kappa shape index (κ2) is 11.3. The second-order valence-electron chi connectivity index (χ2n) is 7.11. The number of rotatable bonds is 9. The number of anilines is 2. The Bertz CT molecular complexity index is 1170. The summed E-state index contributed by atoms with van der Waals surface area (Å²) in [6.45, 7) is 2.10. The van der Waals surface area contributed by atoms with Crippen molar-refractivity contribution >= 4 is 17.7 Å². The summed E-state index contributed by atoms with van der Waals surface area (Å²) in [5.41, 5.74) is 6.70. The Hall–Kier alpha value is -3.90. The fourth-order valence-corrected chi connectivity index (χ4v) is 2.97. The Morgan fingerprint density at radius 3 is 2.50 bits per heavy atom. The number of aromatic nitrogens is 2. The summed E-state index contributed by atoms with van der Waals surface area (Å²) < 4.78 is 41.5. The van der Waals surface area contributed by atoms with Gasteiger partial charge >= 0.3 is 12.4 Å². The summed E-state index contributed by atoms with van der Waals surface area (Å²) in [5, 5.41) is 7.76. The maximum atomic E-state index is 12.5. The normalized spacial score (nSPS) is 11.2. The summed E-state index contributed by atoms with van der Waals surface area (Å²) >= 11 is 0. The Balaban J connectivity index is 1.64. The van der Waals surface area contributed by atoms with Crippen molar-refractivity contribution in [1.82, 2.24) is 15.3 Å². The lowest BCUT2D eigenvalue weighted by Crippen LogP contribution is -2.24. The number of carbonyl (C=O) groups excluding carboxylic acids is 1. The molecule has 34 heavy (non-hydrogen) atoms. The van der Waals surface area contributed by atoms with E-state index in [2.05, 4.69) is 30.7 Å². The first kappa shape index (κ1) is 24.7. The predicted molar refractivity (Wildman–Crippen MR) is 121 cm³/mol. The van der Waals surface area contributed by atoms with Crippen molar-refractivity contribution in [2.45, 2.75) is 19.3 Å². The molecule has 3 aromatic rings. The van der Waals surface area contributed by atoms with E-state index in [9.17, 15) is 22.8 Å². The van der Waals surface area contributed by atoms with E-state index in [0.29, 0.717) is 18.7 Å². The SMILES string of the molecule is NCCCNCc1ccc(-c2cnc(NC(=O)Nc3ccccc3OC(F)(F)F)[nH]c2=O)cc1. The number of halogens is 3. The lowest BCUT2D eigenvalue weighted by atomic mass is 10.1. The molecule has 0 radical (unpaired) electrons. The number of nitrogens with one attached hydrogen (secondary N) is 4. The van der Waals surface area contributed by atoms with Crippen molar-refractivity contribution in [2.24, 2.45) is 5.73 Å². The number of carbonyl (C=O) groups is 1. The topological polar surface area (TPSA) is 134 Å². The third-order valence-electron chi connectivity index (χ3n) is 4.54. The Morgan fingerprint density at radius 2 is 1.82 bits per heavy atom. The van der Waals surface area contributed by atoms with Crippen LogP contribution in [0.5, 0.6) is 5.75 Å². The molecule has 0 spiro atoms. The van der Waals surface area contributed by atoms with Crippen LogP contribution in [0.4, 0.5) is 29.6 Å². The molecule has 2 aromatic carbocycles. The number of ether oxygens (including phenoxy) is 1. The van der Waals surface area contributed by atoms with Crippen molar-refractivity contribution in [2.75, 3.05) is 23.7 Å². The van der Waals surface area contributed by atoms with E-state index in [1.807, 2.05) is 12.1 Å². The van der Waals surface area contributed by atoms with Crippen LogP contribution in [0, 0.1) is 0 Å². The largest absolute Gasteiger partial charge is 0.573 e. The van der Waals surface area contributed by atoms with Gasteiger partial charge in [-0.3, -0.25) is 15.1 Å². The molecule has 0 aliphatic heterocycles. The van der Waals surface area contributed by atoms with Gasteiger partial charge in [-0.2, -0.15) is 0 Å². The highest BCUT2D eigenvalue weighted by atomic mass is 19.4. The van der Waals surface area contributed by atoms with Gasteiger partial charge in [-0.25, -0.2) is 9.78 Å². The number of hydrogen-bond acceptors (Lipinski definition) is 6. The summed E-state index contributed by atoms with van der Waals surface area (Å²) in [4.78, 5) is 31.1. The molecular formula is C22H23F3N6O3. The smallest absolute Gasteiger partial charge is 0.404 e. The highest BCUT2D eigenvalue weighted by Crippen LogP contribution is 2.29. The minimum Gasteiger partial charge on any atom is -0.404 e. The standard InChI is InChI=1S/C22H23F3N6O3/c23-22(24,25)34-18-5-2-1-4-17(18)29-21(33)31-20-28-13-16(19(32)30-20)15-8-6-14(7-9-15)12-27-11-3-10-26/h1-2,4-9,13,27H,3,10-12,26H2,(H3,28,29,30,31,32,33). The van der Waals surface area contributed by atoms with Crippen molar-refractivity contribution < 1.29 is 22.7 Å². The first-order valence-electron chi connectivity index (χ1n) is 10.3. The minimum atomic E-state index is -4.92. The lowest BCUT2D eigenvalue weighted by molar-refractivity contribution is -0.274. The maximum Gasteiger partial charge on any atom is 0.573 e. The van der Waals surface area contributed by atoms with Gasteiger partial charge < -0.3 is 21.1 Å². The zero-order valence-electron chi connectivity index (χ0n) is 17.9. The molecule has 1 aromatic heterocycles. The van der Waals surface area contributed by atoms with E-state index < -0.39 is 23.7 Å². The molecule has 1 heterocycles. The molecule has 0 aliphatic carbocycles. The Morgan fingerprint density at radius 1 is 1.09 bits per heavy atom. The number of H-pyrrole nitrogens is 1. The van der Waals surface area contributed by atoms with E-state index in [4.69, 9.17) is 5.73 Å². The van der Waals surface area contributed by atoms with Gasteiger partial charge in [0.25, 0.3) is 5.56 Å². The number of aromatic amines is 1. The van der Waals surface area contributed by atoms with Crippen LogP contribution < -0.4 is 32.0 Å². The quantitative estimate of drug-likeness (QED) is 0.301. The molecule has 0 saturated heterocycles. The molecule has 0 unspecified atom stereocenters. The molecule has 6 N–H and O–H groups in total. The Kier molecular flexibility index (Phi) is 8.22. The van der Waals surface area contributed by atoms with Crippen LogP contribution in [0.25, 0.3) is 11.1 Å². The van der Waals surface area contributed by atoms with Gasteiger partial charge in [-0.1, -0.05) is 36.4 Å². The fourth-order valence-electron chi connectivity index (χ4n) is 2.97. The Labute approximate surface area is 192 Å². The molecule has 2 amide bonds. The van der Waals surface area contributed by atoms with Crippen LogP contribution in [-0.4, -0.2) is 35.5 Å². The van der Waals surface area contributed by atoms with Gasteiger partial charge in [-0.15, -0.1) is 13.2 Å². The summed E-state index contributed by atoms with van der Waals surface area (Å²) in [6, 6.07) is 11.4. The van der Waals surface area contributed by atoms with Crippen LogP contribution in [0.3, 0.4) is 0 Å². The van der Waals surface area contributed by atoms with E-state index in [1.165, 1.54) is 24.4 Å². The minimum absolute atomic E-state index is 0.179. The molecule has 0 fully saturated rings. The number of nitrogens with zero attached hydrogens (tertiary/aromatic N) is 1. The highest BCUT2D eigenvalue weighted by Gasteiger charge is 2.32. The molecule has 0 saturated carbocycles. The number of hydrogen-bond donors (Lipinski definition) is 5. The first-order chi connectivity index (χ1) is 16.2. The summed E-state index contributed by atoms with van der Waals surface area (Å²) in [5.74, 6) is -0.763. The number of alkyl halides is 3. The predicted octanol–water partition coefficient (Wildman–Crippen LogP) is 3.42. The molecule has 0 aliphatic rings. The molecular weight excluding hydrogens is 453 g/mol. The van der Waals surface area contributed by atoms with Gasteiger partial charge in [0, 0.05) is 12.7 Å². The van der Waals surface area contributed by atoms with E-state index in [0.717, 1.165) is 24.6 Å². The van der Waals surface area contributed by atoms with Gasteiger partial charge in [0.1, 0.15) is 0 Å². The van der Waals surface area contributed by atoms with Crippen LogP contribution >= 0.6 is 0 Å². The van der Waals surface area contributed by atoms with Gasteiger partial charge in [0.15, 0.2) is 5.75 Å². The first-order valence-corrected chi connectivity index (χ1v) is 10.3. The average Bonchev–Trinajstić information content (AvgIpc) is 2.78. The van der Waals surface area contributed by atoms with E-state index in [1.54, 1.807) is 12.1 Å². The van der Waals surface area contributed by atoms with Crippen LogP contribution in [0.1, 0.15) is 12.0 Å². The molecule has 3 rings (SSSR count). The number of urea groups is 1. The zero-order valence-corrected chi connectivity index (χ0v) is 17.9. The van der Waals surface area contributed by atoms with Crippen LogP contribution in [-0.2, 0) is 6.54 Å². The average molecular weight is 476 g/mol. The van der Waals surface area contributed by atoms with Crippen molar-refractivity contribution in [3.63, 3.8) is 0 Å². The monoisotopic (exact) mass is 476 g/mol. The highest BCUT2D eigenvalue weighted by molar-refractivity contribution is 5.99. The molecule has 9 nitrogen and oxygen atoms in total. The van der Waals surface area contributed by atoms with Crippen molar-refractivity contribution in [1.29, 1.82) is 0 Å². The van der Waals surface area contributed by atoms with Gasteiger partial charge in [-0.05, 0) is 42.8 Å². The lowest BCUT2D eigenvalue weighted by Gasteiger charge is -2.14. The molecule has 180 valence electrons. The third-order valence-corrected chi connectivity index (χ3v) is 4.54. The number of amides is 2. The fraction of sp³-hybridized carbons (Fsp3) is 0.227. The molecule has 0 bridgehead atoms. The van der Waals surface area contributed by atoms with Gasteiger partial charge in [0.2, 0.25) is 5.95 Å². The third kappa shape index (κ3) is 7.32. The zero-order chi connectivity index (χ0) is 24.6. The number of benzene rings is 2. The summed E-state index contributed by atoms with van der Waals surface area (Å²) in [6.07, 6.45) is -2.74. The number of para-hydroxylation sites is 2. The maximum absolute atomic E-state index is 12.5. The molecule has 12 heteroatoms. The summed E-state index contributed by atoms with van der Waals surface area (Å²) in [7, 11) is 0. The van der Waals surface area contributed by atoms with E-state index in [-0.39, 0.29) is 17.2 Å². The van der Waals surface area contributed by atoms with E-state index >= 15 is 0 Å². The van der Waals surface area contributed by atoms with Crippen molar-refractivity contribution in [3.8, 4) is 16.9 Å².